The molecule has 3 aromatic rings. The average Bonchev–Trinajstić information content (AvgIpc) is 3.41. The topological polar surface area (TPSA) is 74.1 Å². The maximum Gasteiger partial charge on any atom is 0.275 e. The van der Waals surface area contributed by atoms with Gasteiger partial charge in [0.05, 0.1) is 0 Å². The molecule has 0 aliphatic carbocycles. The van der Waals surface area contributed by atoms with E-state index >= 15 is 0 Å². The second kappa shape index (κ2) is 7.71. The van der Waals surface area contributed by atoms with Crippen LogP contribution in [0.1, 0.15) is 18.5 Å². The summed E-state index contributed by atoms with van der Waals surface area (Å²) in [5.74, 6) is 0.163. The van der Waals surface area contributed by atoms with Crippen LogP contribution in [0.4, 0.5) is 10.8 Å². The number of carbonyl (C=O) groups is 1. The number of anilines is 2. The monoisotopic (exact) mass is 424 g/mol. The summed E-state index contributed by atoms with van der Waals surface area (Å²) >= 11 is 1.38. The van der Waals surface area contributed by atoms with Gasteiger partial charge in [0, 0.05) is 50.2 Å². The Labute approximate surface area is 178 Å². The molecule has 156 valence electrons. The zero-order valence-corrected chi connectivity index (χ0v) is 17.7. The molecule has 1 atom stereocenters. The molecule has 5 rings (SSSR count). The van der Waals surface area contributed by atoms with Crippen molar-refractivity contribution in [2.45, 2.75) is 25.8 Å². The zero-order chi connectivity index (χ0) is 20.7. The van der Waals surface area contributed by atoms with Crippen LogP contribution in [0.5, 0.6) is 0 Å². The summed E-state index contributed by atoms with van der Waals surface area (Å²) in [6.45, 7) is 5.69. The molecule has 2 aliphatic heterocycles. The fourth-order valence-electron chi connectivity index (χ4n) is 4.31. The van der Waals surface area contributed by atoms with Gasteiger partial charge >= 0.3 is 0 Å². The highest BCUT2D eigenvalue weighted by Gasteiger charge is 2.36. The first-order valence-electron chi connectivity index (χ1n) is 10.3. The Morgan fingerprint density at radius 3 is 2.63 bits per heavy atom. The third kappa shape index (κ3) is 3.43. The summed E-state index contributed by atoms with van der Waals surface area (Å²) < 4.78 is 1.34. The van der Waals surface area contributed by atoms with E-state index in [0.717, 1.165) is 45.6 Å². The van der Waals surface area contributed by atoms with Crippen LogP contribution in [0.15, 0.2) is 41.2 Å². The number of nitrogens with zero attached hydrogens (tertiary/aromatic N) is 6. The maximum atomic E-state index is 13.3. The van der Waals surface area contributed by atoms with Crippen LogP contribution in [-0.2, 0) is 4.79 Å². The fraction of sp³-hybridized carbons (Fsp3) is 0.429. The van der Waals surface area contributed by atoms with Crippen molar-refractivity contribution in [3.05, 3.63) is 52.4 Å². The molecule has 2 fully saturated rings. The van der Waals surface area contributed by atoms with E-state index in [9.17, 15) is 9.59 Å². The molecule has 4 heterocycles. The molecule has 0 bridgehead atoms. The van der Waals surface area contributed by atoms with Gasteiger partial charge in [0.2, 0.25) is 16.0 Å². The highest BCUT2D eigenvalue weighted by atomic mass is 32.1. The van der Waals surface area contributed by atoms with E-state index in [2.05, 4.69) is 32.0 Å². The van der Waals surface area contributed by atoms with Crippen LogP contribution < -0.4 is 15.4 Å². The number of benzene rings is 1. The lowest BCUT2D eigenvalue weighted by Crippen LogP contribution is -2.53. The van der Waals surface area contributed by atoms with Gasteiger partial charge in [-0.15, -0.1) is 5.10 Å². The van der Waals surface area contributed by atoms with Crippen molar-refractivity contribution < 1.29 is 4.79 Å². The van der Waals surface area contributed by atoms with Crippen LogP contribution in [0.3, 0.4) is 0 Å². The predicted octanol–water partition coefficient (Wildman–Crippen LogP) is 1.78. The quantitative estimate of drug-likeness (QED) is 0.638. The predicted molar refractivity (Wildman–Crippen MR) is 117 cm³/mol. The Morgan fingerprint density at radius 2 is 1.87 bits per heavy atom. The molecule has 8 nitrogen and oxygen atoms in total. The van der Waals surface area contributed by atoms with Gasteiger partial charge in [-0.25, -0.2) is 4.98 Å². The van der Waals surface area contributed by atoms with E-state index in [1.54, 1.807) is 6.92 Å². The van der Waals surface area contributed by atoms with Crippen molar-refractivity contribution in [1.29, 1.82) is 0 Å². The minimum atomic E-state index is -0.217. The number of fused-ring (bicyclic) bond motifs is 1. The molecule has 0 saturated carbocycles. The number of hydrogen-bond acceptors (Lipinski definition) is 7. The van der Waals surface area contributed by atoms with Gasteiger partial charge in [-0.3, -0.25) is 9.59 Å². The van der Waals surface area contributed by atoms with Gasteiger partial charge in [-0.05, 0) is 31.9 Å². The summed E-state index contributed by atoms with van der Waals surface area (Å²) in [6.07, 6.45) is 1.76. The van der Waals surface area contributed by atoms with Crippen LogP contribution in [0, 0.1) is 6.92 Å². The van der Waals surface area contributed by atoms with Crippen molar-refractivity contribution in [1.82, 2.24) is 19.5 Å². The SMILES string of the molecule is Cc1cc(=O)n2nc(N3CCCC3C(=O)N3CCN(c4ccccc4)CC3)sc2n1. The van der Waals surface area contributed by atoms with Gasteiger partial charge in [-0.1, -0.05) is 29.5 Å². The van der Waals surface area contributed by atoms with E-state index in [0.29, 0.717) is 15.8 Å². The molecule has 1 amide bonds. The van der Waals surface area contributed by atoms with Crippen molar-refractivity contribution in [3.8, 4) is 0 Å². The number of para-hydroxylation sites is 1. The minimum Gasteiger partial charge on any atom is -0.368 e. The molecule has 2 aliphatic rings. The van der Waals surface area contributed by atoms with Crippen LogP contribution in [0.2, 0.25) is 0 Å². The molecule has 30 heavy (non-hydrogen) atoms. The number of aromatic nitrogens is 3. The second-order valence-corrected chi connectivity index (χ2v) is 8.75. The first kappa shape index (κ1) is 19.0. The Hall–Kier alpha value is -2.94. The number of piperazine rings is 1. The third-order valence-electron chi connectivity index (χ3n) is 5.86. The molecule has 0 N–H and O–H groups in total. The molecule has 2 aromatic heterocycles. The Balaban J connectivity index is 1.31. The highest BCUT2D eigenvalue weighted by Crippen LogP contribution is 2.30. The molecular formula is C21H24N6O2S. The van der Waals surface area contributed by atoms with E-state index in [4.69, 9.17) is 0 Å². The lowest BCUT2D eigenvalue weighted by molar-refractivity contribution is -0.132. The smallest absolute Gasteiger partial charge is 0.275 e. The van der Waals surface area contributed by atoms with Crippen LogP contribution in [0.25, 0.3) is 4.96 Å². The standard InChI is InChI=1S/C21H24N6O2S/c1-15-14-18(28)27-20(22-15)30-21(23-27)26-9-5-8-17(26)19(29)25-12-10-24(11-13-25)16-6-3-2-4-7-16/h2-4,6-7,14,17H,5,8-13H2,1H3. The van der Waals surface area contributed by atoms with Gasteiger partial charge in [0.1, 0.15) is 6.04 Å². The maximum absolute atomic E-state index is 13.3. The second-order valence-electron chi connectivity index (χ2n) is 7.81. The summed E-state index contributed by atoms with van der Waals surface area (Å²) in [5, 5.41) is 5.17. The summed E-state index contributed by atoms with van der Waals surface area (Å²) in [7, 11) is 0. The Kier molecular flexibility index (Phi) is 4.90. The van der Waals surface area contributed by atoms with Crippen molar-refractivity contribution >= 4 is 33.0 Å². The van der Waals surface area contributed by atoms with E-state index in [1.807, 2.05) is 23.1 Å². The molecule has 1 aromatic carbocycles. The first-order valence-corrected chi connectivity index (χ1v) is 11.1. The molecule has 9 heteroatoms. The van der Waals surface area contributed by atoms with Crippen LogP contribution in [-0.4, -0.2) is 64.2 Å². The van der Waals surface area contributed by atoms with Gasteiger partial charge in [-0.2, -0.15) is 4.52 Å². The number of carbonyl (C=O) groups excluding carboxylic acids is 1. The lowest BCUT2D eigenvalue weighted by atomic mass is 10.1. The molecule has 1 unspecified atom stereocenters. The van der Waals surface area contributed by atoms with E-state index in [1.165, 1.54) is 27.6 Å². The van der Waals surface area contributed by atoms with Gasteiger partial charge in [0.15, 0.2) is 0 Å². The summed E-state index contributed by atoms with van der Waals surface area (Å²) in [4.78, 5) is 36.9. The highest BCUT2D eigenvalue weighted by molar-refractivity contribution is 7.20. The number of amides is 1. The Bertz CT molecular complexity index is 1120. The number of rotatable bonds is 3. The van der Waals surface area contributed by atoms with Crippen LogP contribution >= 0.6 is 11.3 Å². The summed E-state index contributed by atoms with van der Waals surface area (Å²) in [5.41, 5.74) is 1.70. The normalized spacial score (nSPS) is 19.6. The van der Waals surface area contributed by atoms with Gasteiger partial charge < -0.3 is 14.7 Å². The molecular weight excluding hydrogens is 400 g/mol. The molecule has 0 radical (unpaired) electrons. The van der Waals surface area contributed by atoms with Crippen molar-refractivity contribution in [2.24, 2.45) is 0 Å². The molecule has 0 spiro atoms. The number of hydrogen-bond donors (Lipinski definition) is 0. The Morgan fingerprint density at radius 1 is 1.10 bits per heavy atom. The average molecular weight is 425 g/mol. The largest absolute Gasteiger partial charge is 0.368 e. The van der Waals surface area contributed by atoms with Gasteiger partial charge in [0.25, 0.3) is 5.56 Å². The number of aryl methyl sites for hydroxylation is 1. The van der Waals surface area contributed by atoms with Crippen molar-refractivity contribution in [3.63, 3.8) is 0 Å². The zero-order valence-electron chi connectivity index (χ0n) is 16.9. The molecule has 2 saturated heterocycles. The summed E-state index contributed by atoms with van der Waals surface area (Å²) in [6, 6.07) is 11.6. The van der Waals surface area contributed by atoms with Crippen molar-refractivity contribution in [2.75, 3.05) is 42.5 Å². The lowest BCUT2D eigenvalue weighted by Gasteiger charge is -2.38. The van der Waals surface area contributed by atoms with E-state index < -0.39 is 0 Å². The first-order chi connectivity index (χ1) is 14.6. The third-order valence-corrected chi connectivity index (χ3v) is 6.80. The minimum absolute atomic E-state index is 0.163. The fourth-order valence-corrected chi connectivity index (χ4v) is 5.34. The van der Waals surface area contributed by atoms with E-state index in [-0.39, 0.29) is 17.5 Å².